The zero-order valence-corrected chi connectivity index (χ0v) is 12.4. The van der Waals surface area contributed by atoms with Crippen LogP contribution in [0, 0.1) is 0 Å². The minimum absolute atomic E-state index is 0.178. The van der Waals surface area contributed by atoms with Crippen LogP contribution in [0.15, 0.2) is 24.3 Å². The Balaban J connectivity index is 1.83. The van der Waals surface area contributed by atoms with Gasteiger partial charge in [0.25, 0.3) is 0 Å². The van der Waals surface area contributed by atoms with Gasteiger partial charge in [-0.1, -0.05) is 32.9 Å². The number of rotatable bonds is 4. The molecular weight excluding hydrogens is 240 g/mol. The second-order valence-electron chi connectivity index (χ2n) is 6.20. The lowest BCUT2D eigenvalue weighted by atomic mass is 9.87. The van der Waals surface area contributed by atoms with Crippen LogP contribution in [0.5, 0.6) is 5.75 Å². The average Bonchev–Trinajstić information content (AvgIpc) is 2.76. The molecule has 0 saturated carbocycles. The highest BCUT2D eigenvalue weighted by Gasteiger charge is 2.30. The molecule has 2 rings (SSSR count). The minimum atomic E-state index is -0.467. The van der Waals surface area contributed by atoms with E-state index in [0.717, 1.165) is 12.2 Å². The lowest BCUT2D eigenvalue weighted by Crippen LogP contribution is -2.27. The van der Waals surface area contributed by atoms with Gasteiger partial charge in [-0.25, -0.2) is 0 Å². The maximum atomic E-state index is 5.74. The smallest absolute Gasteiger partial charge is 0.168 e. The fourth-order valence-corrected chi connectivity index (χ4v) is 2.11. The summed E-state index contributed by atoms with van der Waals surface area (Å²) in [6, 6.07) is 8.30. The summed E-state index contributed by atoms with van der Waals surface area (Å²) in [5, 5.41) is 0. The van der Waals surface area contributed by atoms with Crippen LogP contribution in [0.4, 0.5) is 0 Å². The molecule has 0 atom stereocenters. The second kappa shape index (κ2) is 5.51. The number of benzene rings is 1. The largest absolute Gasteiger partial charge is 0.493 e. The fraction of sp³-hybridized carbons (Fsp3) is 0.625. The van der Waals surface area contributed by atoms with Gasteiger partial charge in [0.15, 0.2) is 5.79 Å². The Kier molecular flexibility index (Phi) is 4.16. The first-order valence-corrected chi connectivity index (χ1v) is 6.90. The van der Waals surface area contributed by atoms with Gasteiger partial charge in [0.05, 0.1) is 19.8 Å². The summed E-state index contributed by atoms with van der Waals surface area (Å²) in [5.41, 5.74) is 1.49. The van der Waals surface area contributed by atoms with Gasteiger partial charge in [-0.15, -0.1) is 0 Å². The van der Waals surface area contributed by atoms with Crippen molar-refractivity contribution in [2.75, 3.05) is 19.8 Å². The van der Waals surface area contributed by atoms with E-state index in [4.69, 9.17) is 14.2 Å². The molecule has 0 aromatic heterocycles. The Morgan fingerprint density at radius 3 is 2.21 bits per heavy atom. The standard InChI is InChI=1S/C16H24O3/c1-15(2,3)13-5-7-14(8-6-13)17-10-9-16(4)18-11-12-19-16/h5-8H,9-12H2,1-4H3. The maximum Gasteiger partial charge on any atom is 0.168 e. The van der Waals surface area contributed by atoms with Gasteiger partial charge in [0.1, 0.15) is 5.75 Å². The molecule has 1 heterocycles. The van der Waals surface area contributed by atoms with E-state index < -0.39 is 5.79 Å². The van der Waals surface area contributed by atoms with Gasteiger partial charge in [-0.2, -0.15) is 0 Å². The highest BCUT2D eigenvalue weighted by molar-refractivity contribution is 5.31. The molecule has 1 aliphatic heterocycles. The van der Waals surface area contributed by atoms with E-state index in [1.807, 2.05) is 19.1 Å². The van der Waals surface area contributed by atoms with E-state index in [1.165, 1.54) is 5.56 Å². The molecule has 106 valence electrons. The SMILES string of the molecule is CC1(CCOc2ccc(C(C)(C)C)cc2)OCCO1. The van der Waals surface area contributed by atoms with Crippen molar-refractivity contribution < 1.29 is 14.2 Å². The Labute approximate surface area is 115 Å². The fourth-order valence-electron chi connectivity index (χ4n) is 2.11. The Bertz CT molecular complexity index is 397. The van der Waals surface area contributed by atoms with Gasteiger partial charge in [0, 0.05) is 6.42 Å². The van der Waals surface area contributed by atoms with Crippen LogP contribution >= 0.6 is 0 Å². The summed E-state index contributed by atoms with van der Waals surface area (Å²) in [4.78, 5) is 0. The van der Waals surface area contributed by atoms with Crippen molar-refractivity contribution in [2.45, 2.75) is 45.3 Å². The zero-order chi connectivity index (χ0) is 13.9. The predicted octanol–water partition coefficient (Wildman–Crippen LogP) is 3.52. The average molecular weight is 264 g/mol. The molecule has 0 bridgehead atoms. The number of hydrogen-bond acceptors (Lipinski definition) is 3. The predicted molar refractivity (Wildman–Crippen MR) is 75.6 cm³/mol. The molecule has 1 aromatic rings. The molecule has 1 aliphatic rings. The summed E-state index contributed by atoms with van der Waals surface area (Å²) in [7, 11) is 0. The first-order valence-electron chi connectivity index (χ1n) is 6.90. The highest BCUT2D eigenvalue weighted by atomic mass is 16.7. The van der Waals surface area contributed by atoms with Crippen LogP contribution in [0.3, 0.4) is 0 Å². The van der Waals surface area contributed by atoms with E-state index in [-0.39, 0.29) is 5.41 Å². The highest BCUT2D eigenvalue weighted by Crippen LogP contribution is 2.25. The maximum absolute atomic E-state index is 5.74. The van der Waals surface area contributed by atoms with Crippen LogP contribution in [0.25, 0.3) is 0 Å². The second-order valence-corrected chi connectivity index (χ2v) is 6.20. The van der Waals surface area contributed by atoms with Crippen LogP contribution in [0.1, 0.15) is 39.7 Å². The third kappa shape index (κ3) is 3.95. The van der Waals surface area contributed by atoms with Gasteiger partial charge in [-0.3, -0.25) is 0 Å². The molecule has 1 fully saturated rings. The molecule has 0 aliphatic carbocycles. The number of hydrogen-bond donors (Lipinski definition) is 0. The van der Waals surface area contributed by atoms with Crippen molar-refractivity contribution in [2.24, 2.45) is 0 Å². The quantitative estimate of drug-likeness (QED) is 0.833. The molecule has 1 aromatic carbocycles. The molecule has 0 radical (unpaired) electrons. The third-order valence-electron chi connectivity index (χ3n) is 3.44. The van der Waals surface area contributed by atoms with Crippen molar-refractivity contribution in [1.82, 2.24) is 0 Å². The first-order chi connectivity index (χ1) is 8.89. The lowest BCUT2D eigenvalue weighted by Gasteiger charge is -2.22. The Morgan fingerprint density at radius 2 is 1.68 bits per heavy atom. The van der Waals surface area contributed by atoms with Crippen LogP contribution in [0.2, 0.25) is 0 Å². The molecule has 3 nitrogen and oxygen atoms in total. The first kappa shape index (κ1) is 14.4. The van der Waals surface area contributed by atoms with E-state index >= 15 is 0 Å². The van der Waals surface area contributed by atoms with Crippen molar-refractivity contribution in [3.8, 4) is 5.75 Å². The van der Waals surface area contributed by atoms with Crippen LogP contribution < -0.4 is 4.74 Å². The molecule has 19 heavy (non-hydrogen) atoms. The molecule has 1 saturated heterocycles. The van der Waals surface area contributed by atoms with Gasteiger partial charge in [-0.05, 0) is 30.0 Å². The van der Waals surface area contributed by atoms with Crippen molar-refractivity contribution in [3.63, 3.8) is 0 Å². The minimum Gasteiger partial charge on any atom is -0.493 e. The topological polar surface area (TPSA) is 27.7 Å². The van der Waals surface area contributed by atoms with E-state index in [0.29, 0.717) is 19.8 Å². The third-order valence-corrected chi connectivity index (χ3v) is 3.44. The van der Waals surface area contributed by atoms with E-state index in [2.05, 4.69) is 32.9 Å². The molecule has 0 N–H and O–H groups in total. The molecular formula is C16H24O3. The summed E-state index contributed by atoms with van der Waals surface area (Å²) in [5.74, 6) is 0.431. The molecule has 3 heteroatoms. The normalized spacial score (nSPS) is 18.5. The molecule has 0 spiro atoms. The number of ether oxygens (including phenoxy) is 3. The summed E-state index contributed by atoms with van der Waals surface area (Å²) >= 11 is 0. The van der Waals surface area contributed by atoms with E-state index in [9.17, 15) is 0 Å². The zero-order valence-electron chi connectivity index (χ0n) is 12.4. The van der Waals surface area contributed by atoms with Crippen molar-refractivity contribution >= 4 is 0 Å². The van der Waals surface area contributed by atoms with Crippen LogP contribution in [-0.4, -0.2) is 25.6 Å². The van der Waals surface area contributed by atoms with Crippen molar-refractivity contribution in [3.05, 3.63) is 29.8 Å². The monoisotopic (exact) mass is 264 g/mol. The van der Waals surface area contributed by atoms with E-state index in [1.54, 1.807) is 0 Å². The van der Waals surface area contributed by atoms with Gasteiger partial charge >= 0.3 is 0 Å². The Morgan fingerprint density at radius 1 is 1.11 bits per heavy atom. The van der Waals surface area contributed by atoms with Crippen LogP contribution in [-0.2, 0) is 14.9 Å². The molecule has 0 amide bonds. The summed E-state index contributed by atoms with van der Waals surface area (Å²) < 4.78 is 16.8. The van der Waals surface area contributed by atoms with Gasteiger partial charge < -0.3 is 14.2 Å². The lowest BCUT2D eigenvalue weighted by molar-refractivity contribution is -0.150. The Hall–Kier alpha value is -1.06. The van der Waals surface area contributed by atoms with Gasteiger partial charge in [0.2, 0.25) is 0 Å². The molecule has 0 unspecified atom stereocenters. The summed E-state index contributed by atoms with van der Waals surface area (Å²) in [6.45, 7) is 10.5. The van der Waals surface area contributed by atoms with Crippen molar-refractivity contribution in [1.29, 1.82) is 0 Å². The summed E-state index contributed by atoms with van der Waals surface area (Å²) in [6.07, 6.45) is 0.744.